The molecule has 0 aliphatic heterocycles. The quantitative estimate of drug-likeness (QED) is 0.455. The van der Waals surface area contributed by atoms with Crippen LogP contribution in [0.5, 0.6) is 5.75 Å². The summed E-state index contributed by atoms with van der Waals surface area (Å²) in [6.07, 6.45) is 2.23. The van der Waals surface area contributed by atoms with Crippen LogP contribution >= 0.6 is 0 Å². The molecule has 7 heteroatoms. The molecule has 2 aromatic heterocycles. The summed E-state index contributed by atoms with van der Waals surface area (Å²) in [4.78, 5) is 17.1. The summed E-state index contributed by atoms with van der Waals surface area (Å²) in [6, 6.07) is 21.3. The van der Waals surface area contributed by atoms with Crippen molar-refractivity contribution < 1.29 is 9.53 Å². The van der Waals surface area contributed by atoms with Gasteiger partial charge in [-0.2, -0.15) is 15.0 Å². The van der Waals surface area contributed by atoms with E-state index in [4.69, 9.17) is 4.74 Å². The molecule has 1 amide bonds. The van der Waals surface area contributed by atoms with Gasteiger partial charge in [0.05, 0.1) is 18.3 Å². The van der Waals surface area contributed by atoms with Gasteiger partial charge in [-0.25, -0.2) is 4.98 Å². The maximum absolute atomic E-state index is 12.5. The topological polar surface area (TPSA) is 92.8 Å². The first kappa shape index (κ1) is 20.1. The zero-order chi connectivity index (χ0) is 21.6. The highest BCUT2D eigenvalue weighted by Crippen LogP contribution is 2.21. The Bertz CT molecular complexity index is 1270. The number of hydrogen-bond donors (Lipinski definition) is 1. The van der Waals surface area contributed by atoms with Crippen molar-refractivity contribution in [2.24, 2.45) is 0 Å². The molecule has 0 unspecified atom stereocenters. The second-order valence-electron chi connectivity index (χ2n) is 7.06. The normalized spacial score (nSPS) is 10.6. The summed E-state index contributed by atoms with van der Waals surface area (Å²) in [6.45, 7) is 2.41. The van der Waals surface area contributed by atoms with Crippen LogP contribution in [0.25, 0.3) is 16.7 Å². The molecule has 31 heavy (non-hydrogen) atoms. The van der Waals surface area contributed by atoms with E-state index in [-0.39, 0.29) is 17.9 Å². The number of nitriles is 1. The third kappa shape index (κ3) is 4.54. The number of carbonyl (C=O) groups is 1. The van der Waals surface area contributed by atoms with Gasteiger partial charge in [-0.15, -0.1) is 0 Å². The number of fused-ring (bicyclic) bond motifs is 1. The van der Waals surface area contributed by atoms with Gasteiger partial charge < -0.3 is 10.1 Å². The van der Waals surface area contributed by atoms with Crippen molar-refractivity contribution in [2.45, 2.75) is 19.8 Å². The van der Waals surface area contributed by atoms with E-state index in [9.17, 15) is 10.1 Å². The van der Waals surface area contributed by atoms with Gasteiger partial charge in [-0.3, -0.25) is 4.79 Å². The molecule has 0 bridgehead atoms. The van der Waals surface area contributed by atoms with E-state index in [0.717, 1.165) is 22.2 Å². The number of anilines is 1. The second kappa shape index (κ2) is 9.09. The number of ether oxygens (including phenoxy) is 1. The van der Waals surface area contributed by atoms with Gasteiger partial charge in [-0.05, 0) is 43.2 Å². The number of para-hydroxylation sites is 2. The molecule has 0 saturated heterocycles. The van der Waals surface area contributed by atoms with Crippen LogP contribution in [0.3, 0.4) is 0 Å². The number of benzene rings is 2. The van der Waals surface area contributed by atoms with Crippen LogP contribution in [0.2, 0.25) is 0 Å². The van der Waals surface area contributed by atoms with Crippen LogP contribution < -0.4 is 10.1 Å². The summed E-state index contributed by atoms with van der Waals surface area (Å²) in [5, 5.41) is 17.5. The number of aryl methyl sites for hydroxylation is 1. The molecule has 0 aliphatic carbocycles. The van der Waals surface area contributed by atoms with Gasteiger partial charge in [0.1, 0.15) is 17.4 Å². The molecule has 7 nitrogen and oxygen atoms in total. The lowest BCUT2D eigenvalue weighted by Gasteiger charge is -2.11. The lowest BCUT2D eigenvalue weighted by atomic mass is 10.2. The minimum atomic E-state index is -0.215. The van der Waals surface area contributed by atoms with Crippen molar-refractivity contribution in [2.75, 3.05) is 11.9 Å². The Morgan fingerprint density at radius 2 is 1.94 bits per heavy atom. The summed E-state index contributed by atoms with van der Waals surface area (Å²) in [5.74, 6) is 1.44. The molecule has 0 radical (unpaired) electrons. The predicted octanol–water partition coefficient (Wildman–Crippen LogP) is 4.40. The molecule has 0 spiro atoms. The van der Waals surface area contributed by atoms with Crippen LogP contribution in [0.15, 0.2) is 66.9 Å². The van der Waals surface area contributed by atoms with E-state index in [1.165, 1.54) is 10.9 Å². The van der Waals surface area contributed by atoms with Crippen molar-refractivity contribution in [1.82, 2.24) is 14.8 Å². The number of aromatic nitrogens is 3. The highest BCUT2D eigenvalue weighted by atomic mass is 16.5. The molecule has 4 rings (SSSR count). The third-order valence-corrected chi connectivity index (χ3v) is 4.85. The minimum absolute atomic E-state index is 0.215. The number of nitrogens with zero attached hydrogens (tertiary/aromatic N) is 4. The maximum Gasteiger partial charge on any atom is 0.225 e. The van der Waals surface area contributed by atoms with E-state index < -0.39 is 0 Å². The van der Waals surface area contributed by atoms with E-state index in [1.807, 2.05) is 67.6 Å². The smallest absolute Gasteiger partial charge is 0.225 e. The monoisotopic (exact) mass is 411 g/mol. The summed E-state index contributed by atoms with van der Waals surface area (Å²) in [5.41, 5.74) is 2.14. The standard InChI is InChI=1S/C24H21N5O2/c1-17-7-2-5-10-21(17)31-14-6-11-23(30)28-24-19(15-25)16-26-29(24)22-13-12-18-8-3-4-9-20(18)27-22/h2-5,7-10,12-13,16H,6,11,14H2,1H3,(H,28,30). The maximum atomic E-state index is 12.5. The molecule has 1 N–H and O–H groups in total. The third-order valence-electron chi connectivity index (χ3n) is 4.85. The van der Waals surface area contributed by atoms with Gasteiger partial charge in [-0.1, -0.05) is 36.4 Å². The van der Waals surface area contributed by atoms with Crippen molar-refractivity contribution in [3.8, 4) is 17.6 Å². The Labute approximate surface area is 179 Å². The molecule has 0 aliphatic rings. The molecule has 4 aromatic rings. The molecule has 0 fully saturated rings. The fourth-order valence-corrected chi connectivity index (χ4v) is 3.23. The number of rotatable bonds is 7. The fourth-order valence-electron chi connectivity index (χ4n) is 3.23. The first-order chi connectivity index (χ1) is 15.2. The Morgan fingerprint density at radius 3 is 2.77 bits per heavy atom. The Morgan fingerprint density at radius 1 is 1.13 bits per heavy atom. The van der Waals surface area contributed by atoms with Crippen molar-refractivity contribution in [3.63, 3.8) is 0 Å². The van der Waals surface area contributed by atoms with Crippen LogP contribution in [0.1, 0.15) is 24.0 Å². The molecule has 2 aromatic carbocycles. The van der Waals surface area contributed by atoms with Crippen LogP contribution in [0.4, 0.5) is 5.82 Å². The number of nitrogens with one attached hydrogen (secondary N) is 1. The van der Waals surface area contributed by atoms with Crippen molar-refractivity contribution in [3.05, 3.63) is 78.0 Å². The van der Waals surface area contributed by atoms with Crippen molar-refractivity contribution >= 4 is 22.6 Å². The highest BCUT2D eigenvalue weighted by molar-refractivity contribution is 5.91. The zero-order valence-corrected chi connectivity index (χ0v) is 17.1. The largest absolute Gasteiger partial charge is 0.493 e. The highest BCUT2D eigenvalue weighted by Gasteiger charge is 2.16. The first-order valence-electron chi connectivity index (χ1n) is 9.98. The number of amides is 1. The molecule has 2 heterocycles. The minimum Gasteiger partial charge on any atom is -0.493 e. The first-order valence-corrected chi connectivity index (χ1v) is 9.98. The van der Waals surface area contributed by atoms with Gasteiger partial charge in [0.2, 0.25) is 5.91 Å². The SMILES string of the molecule is Cc1ccccc1OCCCC(=O)Nc1c(C#N)cnn1-c1ccc2ccccc2n1. The summed E-state index contributed by atoms with van der Waals surface area (Å²) >= 11 is 0. The summed E-state index contributed by atoms with van der Waals surface area (Å²) in [7, 11) is 0. The molecule has 0 saturated carbocycles. The molecule has 0 atom stereocenters. The molecular weight excluding hydrogens is 390 g/mol. The zero-order valence-electron chi connectivity index (χ0n) is 17.1. The van der Waals surface area contributed by atoms with Crippen LogP contribution in [-0.4, -0.2) is 27.3 Å². The van der Waals surface area contributed by atoms with Crippen molar-refractivity contribution in [1.29, 1.82) is 5.26 Å². The summed E-state index contributed by atoms with van der Waals surface area (Å²) < 4.78 is 7.22. The van der Waals surface area contributed by atoms with Gasteiger partial charge in [0.15, 0.2) is 11.6 Å². The average molecular weight is 411 g/mol. The Balaban J connectivity index is 1.44. The van der Waals surface area contributed by atoms with Gasteiger partial charge in [0, 0.05) is 11.8 Å². The molecule has 154 valence electrons. The van der Waals surface area contributed by atoms with E-state index >= 15 is 0 Å². The molecular formula is C24H21N5O2. The van der Waals surface area contributed by atoms with E-state index in [2.05, 4.69) is 21.5 Å². The van der Waals surface area contributed by atoms with Crippen LogP contribution in [0, 0.1) is 18.3 Å². The Hall–Kier alpha value is -4.18. The van der Waals surface area contributed by atoms with E-state index in [0.29, 0.717) is 24.7 Å². The number of carbonyl (C=O) groups excluding carboxylic acids is 1. The van der Waals surface area contributed by atoms with Gasteiger partial charge in [0.25, 0.3) is 0 Å². The number of pyridine rings is 1. The lowest BCUT2D eigenvalue weighted by Crippen LogP contribution is -2.17. The predicted molar refractivity (Wildman–Crippen MR) is 118 cm³/mol. The number of hydrogen-bond acceptors (Lipinski definition) is 5. The second-order valence-corrected chi connectivity index (χ2v) is 7.06. The fraction of sp³-hybridized carbons (Fsp3) is 0.167. The lowest BCUT2D eigenvalue weighted by molar-refractivity contribution is -0.116. The van der Waals surface area contributed by atoms with Crippen LogP contribution in [-0.2, 0) is 4.79 Å². The Kier molecular flexibility index (Phi) is 5.90. The van der Waals surface area contributed by atoms with Gasteiger partial charge >= 0.3 is 0 Å². The van der Waals surface area contributed by atoms with E-state index in [1.54, 1.807) is 0 Å². The average Bonchev–Trinajstić information content (AvgIpc) is 3.20.